The molecule has 4 heteroatoms. The van der Waals surface area contributed by atoms with Gasteiger partial charge in [-0.05, 0) is 25.7 Å². The average molecular weight is 221 g/mol. The molecule has 88 valence electrons. The zero-order chi connectivity index (χ0) is 11.4. The van der Waals surface area contributed by atoms with E-state index in [0.717, 1.165) is 32.2 Å². The Morgan fingerprint density at radius 2 is 2.00 bits per heavy atom. The standard InChI is InChI=1S/C12H19N3O/c13-8-10-4-3-7-15(9-10)12(16)14-11-5-1-2-6-11/h10-11H,1-7,9H2,(H,14,16). The summed E-state index contributed by atoms with van der Waals surface area (Å²) in [6, 6.07) is 2.67. The summed E-state index contributed by atoms with van der Waals surface area (Å²) in [5, 5.41) is 11.9. The lowest BCUT2D eigenvalue weighted by molar-refractivity contribution is 0.173. The van der Waals surface area contributed by atoms with Gasteiger partial charge in [-0.25, -0.2) is 4.79 Å². The lowest BCUT2D eigenvalue weighted by Gasteiger charge is -2.30. The van der Waals surface area contributed by atoms with E-state index in [4.69, 9.17) is 5.26 Å². The quantitative estimate of drug-likeness (QED) is 0.735. The van der Waals surface area contributed by atoms with Gasteiger partial charge in [0.2, 0.25) is 0 Å². The summed E-state index contributed by atoms with van der Waals surface area (Å²) < 4.78 is 0. The van der Waals surface area contributed by atoms with Crippen LogP contribution in [0.25, 0.3) is 0 Å². The van der Waals surface area contributed by atoms with Crippen LogP contribution in [0.4, 0.5) is 4.79 Å². The van der Waals surface area contributed by atoms with Crippen LogP contribution in [0.1, 0.15) is 38.5 Å². The molecule has 1 aliphatic heterocycles. The Bertz CT molecular complexity index is 291. The van der Waals surface area contributed by atoms with Gasteiger partial charge in [-0.2, -0.15) is 5.26 Å². The summed E-state index contributed by atoms with van der Waals surface area (Å²) in [7, 11) is 0. The molecule has 0 bridgehead atoms. The second kappa shape index (κ2) is 5.20. The number of piperidine rings is 1. The second-order valence-corrected chi connectivity index (χ2v) is 4.85. The first-order valence-electron chi connectivity index (χ1n) is 6.24. The molecule has 0 aromatic rings. The zero-order valence-corrected chi connectivity index (χ0v) is 9.61. The number of carbonyl (C=O) groups excluding carboxylic acids is 1. The molecule has 0 aromatic carbocycles. The average Bonchev–Trinajstić information content (AvgIpc) is 2.82. The lowest BCUT2D eigenvalue weighted by atomic mass is 10.0. The molecule has 16 heavy (non-hydrogen) atoms. The highest BCUT2D eigenvalue weighted by molar-refractivity contribution is 5.74. The van der Waals surface area contributed by atoms with Crippen LogP contribution in [0.3, 0.4) is 0 Å². The van der Waals surface area contributed by atoms with Gasteiger partial charge in [0.05, 0.1) is 12.0 Å². The van der Waals surface area contributed by atoms with Gasteiger partial charge in [0.15, 0.2) is 0 Å². The van der Waals surface area contributed by atoms with Gasteiger partial charge < -0.3 is 10.2 Å². The number of nitriles is 1. The Kier molecular flexibility index (Phi) is 3.66. The van der Waals surface area contributed by atoms with Gasteiger partial charge in [0.1, 0.15) is 0 Å². The van der Waals surface area contributed by atoms with Crippen molar-refractivity contribution >= 4 is 6.03 Å². The number of carbonyl (C=O) groups is 1. The number of hydrogen-bond donors (Lipinski definition) is 1. The van der Waals surface area contributed by atoms with Crippen LogP contribution in [0, 0.1) is 17.2 Å². The van der Waals surface area contributed by atoms with Crippen LogP contribution in [0.5, 0.6) is 0 Å². The normalized spacial score (nSPS) is 26.4. The lowest BCUT2D eigenvalue weighted by Crippen LogP contribution is -2.47. The third-order valence-electron chi connectivity index (χ3n) is 3.57. The molecule has 1 N–H and O–H groups in total. The Balaban J connectivity index is 1.81. The smallest absolute Gasteiger partial charge is 0.317 e. The third kappa shape index (κ3) is 2.66. The van der Waals surface area contributed by atoms with Crippen LogP contribution in [-0.4, -0.2) is 30.1 Å². The maximum absolute atomic E-state index is 11.9. The van der Waals surface area contributed by atoms with Crippen molar-refractivity contribution in [2.75, 3.05) is 13.1 Å². The first-order valence-corrected chi connectivity index (χ1v) is 6.24. The van der Waals surface area contributed by atoms with Crippen LogP contribution < -0.4 is 5.32 Å². The van der Waals surface area contributed by atoms with Gasteiger partial charge in [-0.1, -0.05) is 12.8 Å². The van der Waals surface area contributed by atoms with E-state index >= 15 is 0 Å². The van der Waals surface area contributed by atoms with Crippen LogP contribution >= 0.6 is 0 Å². The van der Waals surface area contributed by atoms with E-state index in [2.05, 4.69) is 11.4 Å². The molecular formula is C12H19N3O. The van der Waals surface area contributed by atoms with Crippen LogP contribution in [0.2, 0.25) is 0 Å². The second-order valence-electron chi connectivity index (χ2n) is 4.85. The SMILES string of the molecule is N#CC1CCCN(C(=O)NC2CCCC2)C1. The first kappa shape index (κ1) is 11.3. The molecule has 2 rings (SSSR count). The minimum atomic E-state index is 0.0306. The molecular weight excluding hydrogens is 202 g/mol. The number of rotatable bonds is 1. The Morgan fingerprint density at radius 3 is 2.69 bits per heavy atom. The summed E-state index contributed by atoms with van der Waals surface area (Å²) in [5.74, 6) is 0.0306. The molecule has 4 nitrogen and oxygen atoms in total. The number of likely N-dealkylation sites (tertiary alicyclic amines) is 1. The van der Waals surface area contributed by atoms with Crippen molar-refractivity contribution in [1.29, 1.82) is 5.26 Å². The van der Waals surface area contributed by atoms with Crippen molar-refractivity contribution in [2.24, 2.45) is 5.92 Å². The van der Waals surface area contributed by atoms with Crippen molar-refractivity contribution < 1.29 is 4.79 Å². The van der Waals surface area contributed by atoms with Gasteiger partial charge in [-0.3, -0.25) is 0 Å². The van der Waals surface area contributed by atoms with Crippen molar-refractivity contribution in [3.63, 3.8) is 0 Å². The fourth-order valence-electron chi connectivity index (χ4n) is 2.60. The molecule has 2 amide bonds. The largest absolute Gasteiger partial charge is 0.335 e. The van der Waals surface area contributed by atoms with E-state index in [1.165, 1.54) is 12.8 Å². The van der Waals surface area contributed by atoms with E-state index in [0.29, 0.717) is 12.6 Å². The third-order valence-corrected chi connectivity index (χ3v) is 3.57. The minimum absolute atomic E-state index is 0.0306. The van der Waals surface area contributed by atoms with Crippen molar-refractivity contribution in [1.82, 2.24) is 10.2 Å². The molecule has 1 unspecified atom stereocenters. The summed E-state index contributed by atoms with van der Waals surface area (Å²) in [5.41, 5.74) is 0. The van der Waals surface area contributed by atoms with Gasteiger partial charge in [0, 0.05) is 19.1 Å². The summed E-state index contributed by atoms with van der Waals surface area (Å²) in [6.07, 6.45) is 6.57. The Hall–Kier alpha value is -1.24. The first-order chi connectivity index (χ1) is 7.79. The number of nitrogens with zero attached hydrogens (tertiary/aromatic N) is 2. The number of nitrogens with one attached hydrogen (secondary N) is 1. The molecule has 1 aliphatic carbocycles. The van der Waals surface area contributed by atoms with Crippen LogP contribution in [-0.2, 0) is 0 Å². The van der Waals surface area contributed by atoms with Crippen LogP contribution in [0.15, 0.2) is 0 Å². The van der Waals surface area contributed by atoms with E-state index in [1.807, 2.05) is 0 Å². The summed E-state index contributed by atoms with van der Waals surface area (Å²) in [6.45, 7) is 1.41. The van der Waals surface area contributed by atoms with Crippen molar-refractivity contribution in [3.05, 3.63) is 0 Å². The molecule has 0 radical (unpaired) electrons. The van der Waals surface area contributed by atoms with Crippen molar-refractivity contribution in [2.45, 2.75) is 44.6 Å². The fraction of sp³-hybridized carbons (Fsp3) is 0.833. The number of amides is 2. The van der Waals surface area contributed by atoms with Gasteiger partial charge in [0.25, 0.3) is 0 Å². The predicted octanol–water partition coefficient (Wildman–Crippen LogP) is 1.87. The molecule has 2 fully saturated rings. The van der Waals surface area contributed by atoms with E-state index in [1.54, 1.807) is 4.90 Å². The molecule has 1 saturated heterocycles. The van der Waals surface area contributed by atoms with E-state index in [-0.39, 0.29) is 11.9 Å². The van der Waals surface area contributed by atoms with Gasteiger partial charge >= 0.3 is 6.03 Å². The van der Waals surface area contributed by atoms with E-state index < -0.39 is 0 Å². The summed E-state index contributed by atoms with van der Waals surface area (Å²) >= 11 is 0. The Labute approximate surface area is 96.6 Å². The van der Waals surface area contributed by atoms with E-state index in [9.17, 15) is 4.79 Å². The Morgan fingerprint density at radius 1 is 1.25 bits per heavy atom. The molecule has 2 aliphatic rings. The van der Waals surface area contributed by atoms with Crippen molar-refractivity contribution in [3.8, 4) is 6.07 Å². The maximum Gasteiger partial charge on any atom is 0.317 e. The fourth-order valence-corrected chi connectivity index (χ4v) is 2.60. The maximum atomic E-state index is 11.9. The predicted molar refractivity (Wildman–Crippen MR) is 60.7 cm³/mol. The molecule has 0 spiro atoms. The highest BCUT2D eigenvalue weighted by Crippen LogP contribution is 2.19. The van der Waals surface area contributed by atoms with Gasteiger partial charge in [-0.15, -0.1) is 0 Å². The zero-order valence-electron chi connectivity index (χ0n) is 9.61. The monoisotopic (exact) mass is 221 g/mol. The highest BCUT2D eigenvalue weighted by Gasteiger charge is 2.25. The molecule has 0 aromatic heterocycles. The number of urea groups is 1. The highest BCUT2D eigenvalue weighted by atomic mass is 16.2. The minimum Gasteiger partial charge on any atom is -0.335 e. The molecule has 1 heterocycles. The molecule has 1 atom stereocenters. The summed E-state index contributed by atoms with van der Waals surface area (Å²) in [4.78, 5) is 13.7. The number of hydrogen-bond acceptors (Lipinski definition) is 2. The topological polar surface area (TPSA) is 56.1 Å². The molecule has 1 saturated carbocycles.